The molecule has 1 rings (SSSR count). The average Bonchev–Trinajstić information content (AvgIpc) is 2.77. The van der Waals surface area contributed by atoms with Gasteiger partial charge in [-0.15, -0.1) is 0 Å². The second-order valence-electron chi connectivity index (χ2n) is 4.81. The van der Waals surface area contributed by atoms with Crippen molar-refractivity contribution in [2.45, 2.75) is 58.1 Å². The monoisotopic (exact) mass is 332 g/mol. The molecule has 5 heteroatoms. The minimum absolute atomic E-state index is 0.449. The second-order valence-corrected chi connectivity index (χ2v) is 5.67. The Bertz CT molecular complexity index is 355. The molecule has 19 heavy (non-hydrogen) atoms. The first-order chi connectivity index (χ1) is 9.20. The minimum atomic E-state index is -0.449. The van der Waals surface area contributed by atoms with Crippen LogP contribution in [0.1, 0.15) is 57.2 Å². The maximum Gasteiger partial charge on any atom is 0.0968 e. The summed E-state index contributed by atoms with van der Waals surface area (Å²) in [7, 11) is 1.67. The smallest absolute Gasteiger partial charge is 0.0968 e. The topological polar surface area (TPSA) is 47.3 Å². The van der Waals surface area contributed by atoms with Gasteiger partial charge in [0.05, 0.1) is 35.6 Å². The van der Waals surface area contributed by atoms with Crippen molar-refractivity contribution in [3.05, 3.63) is 16.4 Å². The van der Waals surface area contributed by atoms with Crippen molar-refractivity contribution in [2.24, 2.45) is 0 Å². The van der Waals surface area contributed by atoms with E-state index >= 15 is 0 Å². The van der Waals surface area contributed by atoms with Gasteiger partial charge in [-0.1, -0.05) is 39.0 Å². The SMILES string of the molecule is CCCCCCCC(O)c1c(Br)cnn1CCOC. The van der Waals surface area contributed by atoms with Crippen molar-refractivity contribution < 1.29 is 9.84 Å². The Kier molecular flexibility index (Phi) is 8.34. The number of methoxy groups -OCH3 is 1. The molecular formula is C14H25BrN2O2. The van der Waals surface area contributed by atoms with Crippen molar-refractivity contribution in [3.63, 3.8) is 0 Å². The summed E-state index contributed by atoms with van der Waals surface area (Å²) >= 11 is 3.46. The van der Waals surface area contributed by atoms with Crippen LogP contribution in [-0.2, 0) is 11.3 Å². The first kappa shape index (κ1) is 16.7. The zero-order valence-corrected chi connectivity index (χ0v) is 13.5. The van der Waals surface area contributed by atoms with Crippen molar-refractivity contribution in [1.29, 1.82) is 0 Å². The molecule has 0 aliphatic heterocycles. The van der Waals surface area contributed by atoms with Crippen molar-refractivity contribution in [2.75, 3.05) is 13.7 Å². The second kappa shape index (κ2) is 9.50. The molecule has 1 aromatic rings. The number of ether oxygens (including phenoxy) is 1. The number of halogens is 1. The molecule has 1 heterocycles. The van der Waals surface area contributed by atoms with Crippen molar-refractivity contribution >= 4 is 15.9 Å². The van der Waals surface area contributed by atoms with E-state index in [0.717, 1.165) is 23.0 Å². The predicted octanol–water partition coefficient (Wildman–Crippen LogP) is 3.69. The van der Waals surface area contributed by atoms with Crippen LogP contribution < -0.4 is 0 Å². The molecule has 110 valence electrons. The molecule has 0 aromatic carbocycles. The Morgan fingerprint density at radius 1 is 1.37 bits per heavy atom. The number of aliphatic hydroxyl groups excluding tert-OH is 1. The van der Waals surface area contributed by atoms with Gasteiger partial charge in [-0.25, -0.2) is 0 Å². The number of hydrogen-bond acceptors (Lipinski definition) is 3. The molecule has 0 aliphatic rings. The molecule has 0 aliphatic carbocycles. The lowest BCUT2D eigenvalue weighted by atomic mass is 10.1. The number of aromatic nitrogens is 2. The third kappa shape index (κ3) is 5.63. The predicted molar refractivity (Wildman–Crippen MR) is 80.1 cm³/mol. The van der Waals surface area contributed by atoms with E-state index in [0.29, 0.717) is 13.2 Å². The van der Waals surface area contributed by atoms with Gasteiger partial charge in [-0.05, 0) is 22.4 Å². The van der Waals surface area contributed by atoms with Crippen molar-refractivity contribution in [1.82, 2.24) is 9.78 Å². The first-order valence-electron chi connectivity index (χ1n) is 7.08. The van der Waals surface area contributed by atoms with E-state index < -0.39 is 6.10 Å². The van der Waals surface area contributed by atoms with Crippen LogP contribution >= 0.6 is 15.9 Å². The summed E-state index contributed by atoms with van der Waals surface area (Å²) in [5.41, 5.74) is 0.868. The summed E-state index contributed by atoms with van der Waals surface area (Å²) in [6.45, 7) is 3.48. The Balaban J connectivity index is 2.46. The molecule has 1 N–H and O–H groups in total. The fourth-order valence-electron chi connectivity index (χ4n) is 2.14. The molecule has 4 nitrogen and oxygen atoms in total. The van der Waals surface area contributed by atoms with Gasteiger partial charge in [0.1, 0.15) is 0 Å². The maximum absolute atomic E-state index is 10.3. The molecule has 0 amide bonds. The van der Waals surface area contributed by atoms with Crippen LogP contribution in [0.5, 0.6) is 0 Å². The molecule has 0 bridgehead atoms. The Morgan fingerprint density at radius 3 is 2.79 bits per heavy atom. The molecule has 0 spiro atoms. The quantitative estimate of drug-likeness (QED) is 0.665. The van der Waals surface area contributed by atoms with Crippen LogP contribution in [0.25, 0.3) is 0 Å². The summed E-state index contributed by atoms with van der Waals surface area (Å²) in [5.74, 6) is 0. The fraction of sp³-hybridized carbons (Fsp3) is 0.786. The molecule has 0 fully saturated rings. The highest BCUT2D eigenvalue weighted by Gasteiger charge is 2.17. The number of nitrogens with zero attached hydrogens (tertiary/aromatic N) is 2. The van der Waals surface area contributed by atoms with Crippen LogP contribution in [-0.4, -0.2) is 28.6 Å². The van der Waals surface area contributed by atoms with E-state index in [2.05, 4.69) is 28.0 Å². The molecule has 0 saturated heterocycles. The van der Waals surface area contributed by atoms with Gasteiger partial charge in [0.15, 0.2) is 0 Å². The fourth-order valence-corrected chi connectivity index (χ4v) is 2.70. The lowest BCUT2D eigenvalue weighted by Gasteiger charge is -2.14. The van der Waals surface area contributed by atoms with Crippen molar-refractivity contribution in [3.8, 4) is 0 Å². The van der Waals surface area contributed by atoms with Crippen LogP contribution in [0.15, 0.2) is 10.7 Å². The van der Waals surface area contributed by atoms with E-state index in [1.807, 2.05) is 4.68 Å². The van der Waals surface area contributed by atoms with Crippen LogP contribution in [0.3, 0.4) is 0 Å². The normalized spacial score (nSPS) is 12.8. The standard InChI is InChI=1S/C14H25BrN2O2/c1-3-4-5-6-7-8-13(18)14-12(15)11-16-17(14)9-10-19-2/h11,13,18H,3-10H2,1-2H3. The molecule has 1 unspecified atom stereocenters. The Labute approximate surface area is 124 Å². The lowest BCUT2D eigenvalue weighted by Crippen LogP contribution is -2.13. The van der Waals surface area contributed by atoms with Crippen LogP contribution in [0, 0.1) is 0 Å². The highest BCUT2D eigenvalue weighted by atomic mass is 79.9. The molecule has 0 radical (unpaired) electrons. The third-order valence-corrected chi connectivity index (χ3v) is 3.85. The Morgan fingerprint density at radius 2 is 2.11 bits per heavy atom. The van der Waals surface area contributed by atoms with Gasteiger partial charge in [-0.2, -0.15) is 5.10 Å². The largest absolute Gasteiger partial charge is 0.387 e. The van der Waals surface area contributed by atoms with Gasteiger partial charge in [-0.3, -0.25) is 4.68 Å². The van der Waals surface area contributed by atoms with Gasteiger partial charge in [0, 0.05) is 7.11 Å². The van der Waals surface area contributed by atoms with Crippen LogP contribution in [0.2, 0.25) is 0 Å². The average molecular weight is 333 g/mol. The first-order valence-corrected chi connectivity index (χ1v) is 7.88. The van der Waals surface area contributed by atoms with E-state index in [1.165, 1.54) is 25.7 Å². The number of aliphatic hydroxyl groups is 1. The van der Waals surface area contributed by atoms with Gasteiger partial charge in [0.25, 0.3) is 0 Å². The third-order valence-electron chi connectivity index (χ3n) is 3.24. The molecule has 0 saturated carbocycles. The van der Waals surface area contributed by atoms with Crippen LogP contribution in [0.4, 0.5) is 0 Å². The zero-order valence-electron chi connectivity index (χ0n) is 11.9. The van der Waals surface area contributed by atoms with E-state index in [1.54, 1.807) is 13.3 Å². The highest BCUT2D eigenvalue weighted by Crippen LogP contribution is 2.27. The van der Waals surface area contributed by atoms with Gasteiger partial charge in [0.2, 0.25) is 0 Å². The molecule has 1 atom stereocenters. The Hall–Kier alpha value is -0.390. The number of hydrogen-bond donors (Lipinski definition) is 1. The van der Waals surface area contributed by atoms with E-state index in [4.69, 9.17) is 4.74 Å². The van der Waals surface area contributed by atoms with Gasteiger partial charge < -0.3 is 9.84 Å². The lowest BCUT2D eigenvalue weighted by molar-refractivity contribution is 0.142. The van der Waals surface area contributed by atoms with E-state index in [-0.39, 0.29) is 0 Å². The number of rotatable bonds is 10. The summed E-state index contributed by atoms with van der Waals surface area (Å²) in [5, 5.41) is 14.6. The summed E-state index contributed by atoms with van der Waals surface area (Å²) in [4.78, 5) is 0. The minimum Gasteiger partial charge on any atom is -0.387 e. The molecular weight excluding hydrogens is 308 g/mol. The molecule has 1 aromatic heterocycles. The number of unbranched alkanes of at least 4 members (excludes halogenated alkanes) is 4. The summed E-state index contributed by atoms with van der Waals surface area (Å²) in [6.07, 6.45) is 8.12. The van der Waals surface area contributed by atoms with Gasteiger partial charge >= 0.3 is 0 Å². The summed E-state index contributed by atoms with van der Waals surface area (Å²) < 4.78 is 7.76. The highest BCUT2D eigenvalue weighted by molar-refractivity contribution is 9.10. The maximum atomic E-state index is 10.3. The summed E-state index contributed by atoms with van der Waals surface area (Å²) in [6, 6.07) is 0. The zero-order chi connectivity index (χ0) is 14.1. The van der Waals surface area contributed by atoms with E-state index in [9.17, 15) is 5.11 Å².